The summed E-state index contributed by atoms with van der Waals surface area (Å²) < 4.78 is 2.93. The average Bonchev–Trinajstić information content (AvgIpc) is 2.64. The van der Waals surface area contributed by atoms with Crippen LogP contribution in [0.4, 0.5) is 0 Å². The van der Waals surface area contributed by atoms with Crippen LogP contribution >= 0.6 is 17.0 Å². The van der Waals surface area contributed by atoms with Gasteiger partial charge in [0.15, 0.2) is 0 Å². The largest absolute Gasteiger partial charge is 0.413 e. The Bertz CT molecular complexity index is 473. The fourth-order valence-corrected chi connectivity index (χ4v) is 7.79. The van der Waals surface area contributed by atoms with Gasteiger partial charge in [-0.2, -0.15) is 3.69 Å². The topological polar surface area (TPSA) is 0 Å². The van der Waals surface area contributed by atoms with Crippen molar-refractivity contribution in [1.82, 2.24) is 0 Å². The summed E-state index contributed by atoms with van der Waals surface area (Å²) in [5, 5.41) is 0. The maximum absolute atomic E-state index is 2.50. The molecule has 0 spiro atoms. The molecule has 0 saturated heterocycles. The van der Waals surface area contributed by atoms with Crippen LogP contribution in [0.15, 0.2) is 24.3 Å². The van der Waals surface area contributed by atoms with Crippen LogP contribution in [0, 0.1) is 5.92 Å². The van der Waals surface area contributed by atoms with Crippen LogP contribution < -0.4 is 3.69 Å². The second kappa shape index (κ2) is 12.0. The summed E-state index contributed by atoms with van der Waals surface area (Å²) in [6.07, 6.45) is 19.3. The van der Waals surface area contributed by atoms with Gasteiger partial charge in [-0.05, 0) is 37.5 Å². The van der Waals surface area contributed by atoms with Gasteiger partial charge in [-0.25, -0.2) is 0 Å². The number of unbranched alkanes of at least 4 members (excludes halogenated alkanes) is 2. The first-order valence-corrected chi connectivity index (χ1v) is 12.5. The molecular formula is C23H37BrMg. The lowest BCUT2D eigenvalue weighted by Gasteiger charge is -2.31. The Morgan fingerprint density at radius 2 is 1.60 bits per heavy atom. The van der Waals surface area contributed by atoms with Crippen LogP contribution in [0.2, 0.25) is 4.05 Å². The molecule has 0 heterocycles. The third-order valence-electron chi connectivity index (χ3n) is 6.79. The Kier molecular flexibility index (Phi) is 10.5. The Labute approximate surface area is 176 Å². The molecule has 3 rings (SSSR count). The van der Waals surface area contributed by atoms with Crippen LogP contribution in [0.5, 0.6) is 0 Å². The van der Waals surface area contributed by atoms with Gasteiger partial charge in [0.1, 0.15) is 0 Å². The van der Waals surface area contributed by atoms with Crippen LogP contribution in [0.25, 0.3) is 0 Å². The van der Waals surface area contributed by atoms with Crippen molar-refractivity contribution in [2.45, 2.75) is 100 Å². The monoisotopic (exact) mass is 416 g/mol. The molecule has 1 aromatic rings. The lowest BCUT2D eigenvalue weighted by atomic mass is 9.77. The van der Waals surface area contributed by atoms with Gasteiger partial charge in [0.05, 0.1) is 0 Å². The predicted molar refractivity (Wildman–Crippen MR) is 118 cm³/mol. The van der Waals surface area contributed by atoms with Gasteiger partial charge in [0.2, 0.25) is 0 Å². The fourth-order valence-electron chi connectivity index (χ4n) is 5.27. The van der Waals surface area contributed by atoms with Crippen molar-refractivity contribution in [1.29, 1.82) is 0 Å². The minimum absolute atomic E-state index is 0. The molecule has 0 atom stereocenters. The first kappa shape index (κ1) is 21.8. The minimum atomic E-state index is -0.0607. The highest BCUT2D eigenvalue weighted by atomic mass is 79.9. The maximum atomic E-state index is 2.50. The molecule has 0 unspecified atom stereocenters. The first-order valence-electron chi connectivity index (χ1n) is 10.9. The molecular weight excluding hydrogens is 380 g/mol. The summed E-state index contributed by atoms with van der Waals surface area (Å²) in [4.78, 5) is 0. The lowest BCUT2D eigenvalue weighted by molar-refractivity contribution is 0.303. The molecule has 0 N–H and O–H groups in total. The van der Waals surface area contributed by atoms with Crippen LogP contribution in [-0.2, 0) is 0 Å². The summed E-state index contributed by atoms with van der Waals surface area (Å²) >= 11 is -0.0607. The number of hydrogen-bond donors (Lipinski definition) is 0. The molecule has 2 aliphatic carbocycles. The van der Waals surface area contributed by atoms with E-state index in [9.17, 15) is 0 Å². The molecule has 138 valence electrons. The van der Waals surface area contributed by atoms with Crippen LogP contribution in [0.3, 0.4) is 0 Å². The van der Waals surface area contributed by atoms with E-state index in [4.69, 9.17) is 0 Å². The van der Waals surface area contributed by atoms with Crippen molar-refractivity contribution < 1.29 is 0 Å². The highest BCUT2D eigenvalue weighted by Gasteiger charge is 2.25. The molecule has 0 radical (unpaired) electrons. The van der Waals surface area contributed by atoms with Crippen molar-refractivity contribution in [3.05, 3.63) is 29.8 Å². The second-order valence-corrected chi connectivity index (χ2v) is 10.9. The summed E-state index contributed by atoms with van der Waals surface area (Å²) in [6, 6.07) is 9.61. The third kappa shape index (κ3) is 6.85. The Hall–Kier alpha value is 0.466. The van der Waals surface area contributed by atoms with E-state index < -0.39 is 0 Å². The van der Waals surface area contributed by atoms with Crippen LogP contribution in [0.1, 0.15) is 102 Å². The zero-order valence-corrected chi connectivity index (χ0v) is 19.5. The average molecular weight is 418 g/mol. The lowest BCUT2D eigenvalue weighted by Crippen LogP contribution is -2.27. The second-order valence-electron chi connectivity index (χ2n) is 8.62. The predicted octanol–water partition coefficient (Wildman–Crippen LogP) is 7.20. The molecule has 2 fully saturated rings. The SMILES string of the molecule is Br.CCCCC[C@H]1CC[C@H](c2cccc[c]2[Mg][CH]2CCCCC2)CC1. The Morgan fingerprint density at radius 3 is 2.32 bits per heavy atom. The van der Waals surface area contributed by atoms with E-state index in [1.165, 1.54) is 83.5 Å². The molecule has 1 aromatic carbocycles. The summed E-state index contributed by atoms with van der Waals surface area (Å²) in [7, 11) is 0. The minimum Gasteiger partial charge on any atom is -0.170 e. The highest BCUT2D eigenvalue weighted by Crippen LogP contribution is 2.37. The fraction of sp³-hybridized carbons (Fsp3) is 0.739. The highest BCUT2D eigenvalue weighted by molar-refractivity contribution is 8.93. The normalized spacial score (nSPS) is 24.4. The van der Waals surface area contributed by atoms with Crippen molar-refractivity contribution in [3.8, 4) is 0 Å². The Balaban J connectivity index is 0.00000225. The van der Waals surface area contributed by atoms with Crippen LogP contribution in [-0.4, -0.2) is 20.4 Å². The molecule has 2 saturated carbocycles. The van der Waals surface area contributed by atoms with E-state index in [1.807, 2.05) is 3.69 Å². The molecule has 0 aromatic heterocycles. The smallest absolute Gasteiger partial charge is 0.170 e. The summed E-state index contributed by atoms with van der Waals surface area (Å²) in [5.74, 6) is 1.93. The van der Waals surface area contributed by atoms with Gasteiger partial charge in [0, 0.05) is 0 Å². The van der Waals surface area contributed by atoms with E-state index in [-0.39, 0.29) is 37.3 Å². The summed E-state index contributed by atoms with van der Waals surface area (Å²) in [6.45, 7) is 2.32. The number of halogens is 1. The van der Waals surface area contributed by atoms with Gasteiger partial charge in [-0.1, -0.05) is 94.5 Å². The van der Waals surface area contributed by atoms with Gasteiger partial charge in [-0.15, -0.1) is 21.0 Å². The zero-order chi connectivity index (χ0) is 16.6. The van der Waals surface area contributed by atoms with E-state index in [0.717, 1.165) is 15.9 Å². The number of hydrogen-bond acceptors (Lipinski definition) is 0. The number of benzene rings is 1. The van der Waals surface area contributed by atoms with Gasteiger partial charge < -0.3 is 0 Å². The van der Waals surface area contributed by atoms with Crippen molar-refractivity contribution in [3.63, 3.8) is 0 Å². The molecule has 0 nitrogen and oxygen atoms in total. The quantitative estimate of drug-likeness (QED) is 0.325. The first-order chi connectivity index (χ1) is 11.9. The third-order valence-corrected chi connectivity index (χ3v) is 9.27. The molecule has 2 aliphatic rings. The molecule has 25 heavy (non-hydrogen) atoms. The Morgan fingerprint density at radius 1 is 0.880 bits per heavy atom. The van der Waals surface area contributed by atoms with Crippen molar-refractivity contribution >= 4 is 41.0 Å². The van der Waals surface area contributed by atoms with Crippen molar-refractivity contribution in [2.24, 2.45) is 5.92 Å². The van der Waals surface area contributed by atoms with Crippen molar-refractivity contribution in [2.75, 3.05) is 0 Å². The van der Waals surface area contributed by atoms with Gasteiger partial charge in [-0.3, -0.25) is 0 Å². The zero-order valence-electron chi connectivity index (χ0n) is 16.3. The summed E-state index contributed by atoms with van der Waals surface area (Å²) in [5.41, 5.74) is 1.78. The van der Waals surface area contributed by atoms with Gasteiger partial charge in [0.25, 0.3) is 0 Å². The van der Waals surface area contributed by atoms with E-state index in [2.05, 4.69) is 31.2 Å². The van der Waals surface area contributed by atoms with Gasteiger partial charge >= 0.3 is 20.4 Å². The molecule has 0 bridgehead atoms. The van der Waals surface area contributed by atoms with E-state index >= 15 is 0 Å². The molecule has 0 aliphatic heterocycles. The molecule has 0 amide bonds. The standard InChI is InChI=1S/C17H25.C6H11.BrH.Mg/c1-2-3-5-8-15-11-13-17(14-12-15)16-9-6-4-7-10-16;1-2-4-6-5-3-1;;/h4,6-7,9,15,17H,2-3,5,8,11-14H2,1H3;1H,2-6H2;1H;/t15-,17-;;;. The van der Waals surface area contributed by atoms with E-state index in [0.29, 0.717) is 0 Å². The maximum Gasteiger partial charge on any atom is 0.413 e. The molecule has 2 heteroatoms. The van der Waals surface area contributed by atoms with E-state index in [1.54, 1.807) is 5.56 Å². The number of rotatable bonds is 7.